The van der Waals surface area contributed by atoms with Crippen LogP contribution in [0.25, 0.3) is 10.2 Å². The van der Waals surface area contributed by atoms with Gasteiger partial charge in [0.25, 0.3) is 5.91 Å². The van der Waals surface area contributed by atoms with Crippen molar-refractivity contribution in [3.8, 4) is 0 Å². The van der Waals surface area contributed by atoms with Gasteiger partial charge in [0.2, 0.25) is 0 Å². The molecule has 1 aliphatic heterocycles. The molecule has 0 saturated carbocycles. The Labute approximate surface area is 220 Å². The first-order chi connectivity index (χ1) is 18.1. The minimum atomic E-state index is -4.45. The number of nitrogens with zero attached hydrogens (tertiary/aromatic N) is 3. The smallest absolute Gasteiger partial charge is 0.334 e. The van der Waals surface area contributed by atoms with Gasteiger partial charge in [-0.1, -0.05) is 12.1 Å². The van der Waals surface area contributed by atoms with E-state index in [-0.39, 0.29) is 36.5 Å². The second-order valence-corrected chi connectivity index (χ2v) is 10.1. The number of piperazine rings is 1. The Balaban J connectivity index is 1.28. The van der Waals surface area contributed by atoms with Crippen molar-refractivity contribution in [2.24, 2.45) is 0 Å². The molecular weight excluding hydrogens is 520 g/mol. The molecule has 0 aliphatic carbocycles. The SMILES string of the molecule is C[C@@H]1CN(C(=O)c2cc3ccsc3n2Cc2cccc(F)c2)CCN1C(=O)Nc1ccc(C(F)(F)F)cc1. The van der Waals surface area contributed by atoms with Crippen LogP contribution in [-0.2, 0) is 12.7 Å². The van der Waals surface area contributed by atoms with Crippen LogP contribution in [-0.4, -0.2) is 52.0 Å². The zero-order valence-corrected chi connectivity index (χ0v) is 21.2. The Hall–Kier alpha value is -3.86. The molecule has 1 atom stereocenters. The van der Waals surface area contributed by atoms with Crippen molar-refractivity contribution in [2.45, 2.75) is 25.7 Å². The number of halogens is 4. The zero-order chi connectivity index (χ0) is 27.0. The Morgan fingerprint density at radius 3 is 2.50 bits per heavy atom. The van der Waals surface area contributed by atoms with Crippen molar-refractivity contribution >= 4 is 39.2 Å². The first-order valence-electron chi connectivity index (χ1n) is 12.0. The average Bonchev–Trinajstić information content (AvgIpc) is 3.46. The summed E-state index contributed by atoms with van der Waals surface area (Å²) >= 11 is 1.51. The topological polar surface area (TPSA) is 57.6 Å². The number of aromatic nitrogens is 1. The summed E-state index contributed by atoms with van der Waals surface area (Å²) in [5, 5.41) is 5.50. The fraction of sp³-hybridized carbons (Fsp3) is 0.259. The average molecular weight is 545 g/mol. The highest BCUT2D eigenvalue weighted by Gasteiger charge is 2.33. The van der Waals surface area contributed by atoms with Gasteiger partial charge in [0.05, 0.1) is 5.56 Å². The fourth-order valence-corrected chi connectivity index (χ4v) is 5.57. The van der Waals surface area contributed by atoms with E-state index in [1.165, 1.54) is 35.6 Å². The summed E-state index contributed by atoms with van der Waals surface area (Å²) < 4.78 is 54.1. The summed E-state index contributed by atoms with van der Waals surface area (Å²) in [5.41, 5.74) is 0.691. The van der Waals surface area contributed by atoms with Crippen LogP contribution in [0.3, 0.4) is 0 Å². The number of thiophene rings is 1. The highest BCUT2D eigenvalue weighted by molar-refractivity contribution is 7.16. The van der Waals surface area contributed by atoms with E-state index in [4.69, 9.17) is 0 Å². The largest absolute Gasteiger partial charge is 0.416 e. The summed E-state index contributed by atoms with van der Waals surface area (Å²) in [4.78, 5) is 30.6. The molecule has 0 unspecified atom stereocenters. The summed E-state index contributed by atoms with van der Waals surface area (Å²) in [5.74, 6) is -0.524. The number of amides is 3. The third-order valence-electron chi connectivity index (χ3n) is 6.59. The number of urea groups is 1. The first-order valence-corrected chi connectivity index (χ1v) is 12.8. The third kappa shape index (κ3) is 5.24. The quantitative estimate of drug-likeness (QED) is 0.307. The van der Waals surface area contributed by atoms with Gasteiger partial charge in [-0.05, 0) is 66.4 Å². The number of hydrogen-bond donors (Lipinski definition) is 1. The number of carbonyl (C=O) groups is 2. The summed E-state index contributed by atoms with van der Waals surface area (Å²) in [6.07, 6.45) is -4.45. The Morgan fingerprint density at radius 2 is 1.82 bits per heavy atom. The van der Waals surface area contributed by atoms with Crippen molar-refractivity contribution in [1.29, 1.82) is 0 Å². The fourth-order valence-electron chi connectivity index (χ4n) is 4.67. The van der Waals surface area contributed by atoms with E-state index in [9.17, 15) is 27.2 Å². The molecule has 1 N–H and O–H groups in total. The van der Waals surface area contributed by atoms with Gasteiger partial charge in [-0.25, -0.2) is 9.18 Å². The maximum Gasteiger partial charge on any atom is 0.416 e. The molecule has 38 heavy (non-hydrogen) atoms. The van der Waals surface area contributed by atoms with Crippen LogP contribution in [0.15, 0.2) is 66.0 Å². The minimum absolute atomic E-state index is 0.181. The molecule has 2 aromatic carbocycles. The van der Waals surface area contributed by atoms with Crippen LogP contribution in [0.4, 0.5) is 28.0 Å². The van der Waals surface area contributed by atoms with Gasteiger partial charge in [-0.3, -0.25) is 4.79 Å². The Morgan fingerprint density at radius 1 is 1.05 bits per heavy atom. The Bertz CT molecular complexity index is 1480. The number of anilines is 1. The number of hydrogen-bond acceptors (Lipinski definition) is 3. The van der Waals surface area contributed by atoms with Crippen LogP contribution in [0.1, 0.15) is 28.5 Å². The predicted molar refractivity (Wildman–Crippen MR) is 138 cm³/mol. The number of rotatable bonds is 4. The Kier molecular flexibility index (Phi) is 6.87. The van der Waals surface area contributed by atoms with Gasteiger partial charge in [0, 0.05) is 43.3 Å². The van der Waals surface area contributed by atoms with Crippen LogP contribution in [0.5, 0.6) is 0 Å². The molecular formula is C27H24F4N4O2S. The number of carbonyl (C=O) groups excluding carboxylic acids is 2. The van der Waals surface area contributed by atoms with Gasteiger partial charge in [0.1, 0.15) is 16.3 Å². The number of nitrogens with one attached hydrogen (secondary N) is 1. The second kappa shape index (κ2) is 10.1. The second-order valence-electron chi connectivity index (χ2n) is 9.23. The van der Waals surface area contributed by atoms with Gasteiger partial charge < -0.3 is 19.7 Å². The zero-order valence-electron chi connectivity index (χ0n) is 20.3. The van der Waals surface area contributed by atoms with Crippen LogP contribution < -0.4 is 5.32 Å². The van der Waals surface area contributed by atoms with E-state index in [1.807, 2.05) is 35.1 Å². The minimum Gasteiger partial charge on any atom is -0.334 e. The third-order valence-corrected chi connectivity index (χ3v) is 7.54. The van der Waals surface area contributed by atoms with Gasteiger partial charge >= 0.3 is 12.2 Å². The van der Waals surface area contributed by atoms with Gasteiger partial charge in [-0.2, -0.15) is 13.2 Å². The normalized spacial score (nSPS) is 16.2. The van der Waals surface area contributed by atoms with E-state index in [1.54, 1.807) is 15.9 Å². The summed E-state index contributed by atoms with van der Waals surface area (Å²) in [7, 11) is 0. The van der Waals surface area contributed by atoms with E-state index >= 15 is 0 Å². The first kappa shape index (κ1) is 25.8. The molecule has 2 aromatic heterocycles. The lowest BCUT2D eigenvalue weighted by Gasteiger charge is -2.39. The molecule has 1 saturated heterocycles. The molecule has 198 valence electrons. The predicted octanol–water partition coefficient (Wildman–Crippen LogP) is 6.29. The van der Waals surface area contributed by atoms with Crippen molar-refractivity contribution in [3.63, 3.8) is 0 Å². The lowest BCUT2D eigenvalue weighted by Crippen LogP contribution is -2.56. The highest BCUT2D eigenvalue weighted by Crippen LogP contribution is 2.30. The molecule has 1 aliphatic rings. The highest BCUT2D eigenvalue weighted by atomic mass is 32.1. The molecule has 5 rings (SSSR count). The van der Waals surface area contributed by atoms with E-state index in [0.29, 0.717) is 18.8 Å². The maximum absolute atomic E-state index is 13.8. The molecule has 3 heterocycles. The standard InChI is InChI=1S/C27H24F4N4O2S/c1-17-15-33(10-11-34(17)26(37)32-22-7-5-20(6-8-22)27(29,30)31)24(36)23-14-19-9-12-38-25(19)35(23)16-18-3-2-4-21(28)13-18/h2-9,12-14,17H,10-11,15-16H2,1H3,(H,32,37)/t17-/m1/s1. The van der Waals surface area contributed by atoms with Crippen molar-refractivity contribution in [2.75, 3.05) is 25.0 Å². The molecule has 6 nitrogen and oxygen atoms in total. The lowest BCUT2D eigenvalue weighted by atomic mass is 10.1. The van der Waals surface area contributed by atoms with Crippen LogP contribution >= 0.6 is 11.3 Å². The maximum atomic E-state index is 13.8. The number of fused-ring (bicyclic) bond motifs is 1. The summed E-state index contributed by atoms with van der Waals surface area (Å²) in [6.45, 7) is 3.00. The summed E-state index contributed by atoms with van der Waals surface area (Å²) in [6, 6.07) is 13.5. The van der Waals surface area contributed by atoms with Crippen LogP contribution in [0, 0.1) is 5.82 Å². The number of benzene rings is 2. The molecule has 0 bridgehead atoms. The number of alkyl halides is 3. The van der Waals surface area contributed by atoms with Gasteiger partial charge in [-0.15, -0.1) is 11.3 Å². The molecule has 11 heteroatoms. The molecule has 0 radical (unpaired) electrons. The molecule has 1 fully saturated rings. The van der Waals surface area contributed by atoms with Crippen molar-refractivity contribution in [1.82, 2.24) is 14.4 Å². The van der Waals surface area contributed by atoms with E-state index in [2.05, 4.69) is 5.32 Å². The van der Waals surface area contributed by atoms with E-state index < -0.39 is 17.8 Å². The van der Waals surface area contributed by atoms with Crippen LogP contribution in [0.2, 0.25) is 0 Å². The van der Waals surface area contributed by atoms with Gasteiger partial charge in [0.15, 0.2) is 0 Å². The van der Waals surface area contributed by atoms with E-state index in [0.717, 1.165) is 27.9 Å². The molecule has 3 amide bonds. The lowest BCUT2D eigenvalue weighted by molar-refractivity contribution is -0.137. The van der Waals surface area contributed by atoms with Crippen molar-refractivity contribution in [3.05, 3.63) is 88.7 Å². The molecule has 4 aromatic rings. The van der Waals surface area contributed by atoms with Crippen molar-refractivity contribution < 1.29 is 27.2 Å². The molecule has 0 spiro atoms. The monoisotopic (exact) mass is 544 g/mol.